The fraction of sp³-hybridized carbons (Fsp3) is 0.211. The van der Waals surface area contributed by atoms with E-state index >= 15 is 0 Å². The van der Waals surface area contributed by atoms with Crippen LogP contribution in [0.1, 0.15) is 10.4 Å². The molecule has 1 aromatic heterocycles. The minimum atomic E-state index is -1.18. The highest BCUT2D eigenvalue weighted by Gasteiger charge is 2.13. The average Bonchev–Trinajstić information content (AvgIpc) is 2.90. The van der Waals surface area contributed by atoms with Gasteiger partial charge >= 0.3 is 5.97 Å². The van der Waals surface area contributed by atoms with Crippen molar-refractivity contribution in [3.8, 4) is 17.2 Å². The SMILES string of the molecule is CN(C)CCOc1ccc2c(N)cn(-c3ccc(C(=O)O)c(O)c3)c2c1. The van der Waals surface area contributed by atoms with Crippen molar-refractivity contribution in [1.29, 1.82) is 0 Å². The molecule has 0 aliphatic rings. The van der Waals surface area contributed by atoms with Gasteiger partial charge in [0.1, 0.15) is 23.7 Å². The molecule has 7 nitrogen and oxygen atoms in total. The summed E-state index contributed by atoms with van der Waals surface area (Å²) >= 11 is 0. The molecule has 0 saturated heterocycles. The molecule has 136 valence electrons. The topological polar surface area (TPSA) is 101 Å². The van der Waals surface area contributed by atoms with Crippen LogP contribution >= 0.6 is 0 Å². The van der Waals surface area contributed by atoms with Gasteiger partial charge in [0.2, 0.25) is 0 Å². The Labute approximate surface area is 150 Å². The Kier molecular flexibility index (Phi) is 4.73. The molecule has 0 spiro atoms. The monoisotopic (exact) mass is 355 g/mol. The van der Waals surface area contributed by atoms with Gasteiger partial charge < -0.3 is 30.2 Å². The Morgan fingerprint density at radius 1 is 1.23 bits per heavy atom. The number of phenols is 1. The number of aromatic nitrogens is 1. The van der Waals surface area contributed by atoms with Crippen LogP contribution in [0, 0.1) is 0 Å². The third-order valence-corrected chi connectivity index (χ3v) is 4.11. The Hall–Kier alpha value is -3.19. The Morgan fingerprint density at radius 3 is 2.65 bits per heavy atom. The molecular formula is C19H21N3O4. The van der Waals surface area contributed by atoms with E-state index in [4.69, 9.17) is 15.6 Å². The molecule has 0 aliphatic heterocycles. The summed E-state index contributed by atoms with van der Waals surface area (Å²) in [7, 11) is 3.96. The quantitative estimate of drug-likeness (QED) is 0.628. The lowest BCUT2D eigenvalue weighted by Gasteiger charge is -2.12. The second kappa shape index (κ2) is 6.97. The van der Waals surface area contributed by atoms with Crippen molar-refractivity contribution >= 4 is 22.6 Å². The molecule has 0 saturated carbocycles. The van der Waals surface area contributed by atoms with Crippen molar-refractivity contribution in [3.63, 3.8) is 0 Å². The van der Waals surface area contributed by atoms with Crippen molar-refractivity contribution in [2.75, 3.05) is 33.0 Å². The first-order valence-corrected chi connectivity index (χ1v) is 8.11. The number of nitrogens with two attached hydrogens (primary N) is 1. The van der Waals surface area contributed by atoms with Crippen molar-refractivity contribution in [1.82, 2.24) is 9.47 Å². The van der Waals surface area contributed by atoms with E-state index in [1.807, 2.05) is 37.2 Å². The van der Waals surface area contributed by atoms with Gasteiger partial charge in [-0.2, -0.15) is 0 Å². The maximum Gasteiger partial charge on any atom is 0.339 e. The normalized spacial score (nSPS) is 11.2. The fourth-order valence-electron chi connectivity index (χ4n) is 2.73. The Morgan fingerprint density at radius 2 is 2.00 bits per heavy atom. The summed E-state index contributed by atoms with van der Waals surface area (Å²) in [5.74, 6) is -0.763. The summed E-state index contributed by atoms with van der Waals surface area (Å²) in [5.41, 5.74) is 7.96. The van der Waals surface area contributed by atoms with Crippen molar-refractivity contribution in [2.45, 2.75) is 0 Å². The zero-order chi connectivity index (χ0) is 18.8. The number of fused-ring (bicyclic) bond motifs is 1. The highest BCUT2D eigenvalue weighted by molar-refractivity contribution is 5.95. The van der Waals surface area contributed by atoms with Gasteiger partial charge in [-0.25, -0.2) is 4.79 Å². The predicted octanol–water partition coefficient (Wildman–Crippen LogP) is 2.56. The molecule has 4 N–H and O–H groups in total. The number of rotatable bonds is 6. The number of benzene rings is 2. The summed E-state index contributed by atoms with van der Waals surface area (Å²) < 4.78 is 7.58. The molecule has 0 amide bonds. The number of carboxylic acid groups (broad SMARTS) is 1. The average molecular weight is 355 g/mol. The van der Waals surface area contributed by atoms with E-state index in [2.05, 4.69) is 0 Å². The third kappa shape index (κ3) is 3.43. The van der Waals surface area contributed by atoms with Gasteiger partial charge in [-0.3, -0.25) is 0 Å². The van der Waals surface area contributed by atoms with Crippen LogP contribution in [0.5, 0.6) is 11.5 Å². The largest absolute Gasteiger partial charge is 0.507 e. The van der Waals surface area contributed by atoms with Crippen LogP contribution in [0.25, 0.3) is 16.6 Å². The van der Waals surface area contributed by atoms with E-state index < -0.39 is 5.97 Å². The number of aromatic carboxylic acids is 1. The lowest BCUT2D eigenvalue weighted by Crippen LogP contribution is -2.19. The van der Waals surface area contributed by atoms with Crippen LogP contribution in [-0.2, 0) is 0 Å². The summed E-state index contributed by atoms with van der Waals surface area (Å²) in [4.78, 5) is 13.1. The van der Waals surface area contributed by atoms with Gasteiger partial charge in [-0.1, -0.05) is 0 Å². The van der Waals surface area contributed by atoms with E-state index in [1.54, 1.807) is 16.8 Å². The Bertz CT molecular complexity index is 963. The van der Waals surface area contributed by atoms with E-state index in [0.717, 1.165) is 17.4 Å². The smallest absolute Gasteiger partial charge is 0.339 e. The van der Waals surface area contributed by atoms with Crippen LogP contribution < -0.4 is 10.5 Å². The molecule has 2 aromatic carbocycles. The minimum absolute atomic E-state index is 0.147. The number of aromatic hydroxyl groups is 1. The zero-order valence-electron chi connectivity index (χ0n) is 14.6. The van der Waals surface area contributed by atoms with E-state index in [9.17, 15) is 9.90 Å². The molecule has 0 aliphatic carbocycles. The zero-order valence-corrected chi connectivity index (χ0v) is 14.6. The fourth-order valence-corrected chi connectivity index (χ4v) is 2.73. The number of ether oxygens (including phenoxy) is 1. The third-order valence-electron chi connectivity index (χ3n) is 4.11. The van der Waals surface area contributed by atoms with E-state index in [-0.39, 0.29) is 11.3 Å². The summed E-state index contributed by atoms with van der Waals surface area (Å²) in [6.45, 7) is 1.36. The Balaban J connectivity index is 2.00. The minimum Gasteiger partial charge on any atom is -0.507 e. The summed E-state index contributed by atoms with van der Waals surface area (Å²) in [5, 5.41) is 19.9. The molecule has 0 unspecified atom stereocenters. The lowest BCUT2D eigenvalue weighted by atomic mass is 10.1. The van der Waals surface area contributed by atoms with Crippen molar-refractivity contribution in [2.24, 2.45) is 0 Å². The van der Waals surface area contributed by atoms with Crippen molar-refractivity contribution < 1.29 is 19.7 Å². The summed E-state index contributed by atoms with van der Waals surface area (Å²) in [6.07, 6.45) is 1.74. The van der Waals surface area contributed by atoms with Crippen molar-refractivity contribution in [3.05, 3.63) is 48.2 Å². The van der Waals surface area contributed by atoms with Crippen LogP contribution in [0.15, 0.2) is 42.6 Å². The van der Waals surface area contributed by atoms with Gasteiger partial charge in [0.15, 0.2) is 0 Å². The molecule has 0 atom stereocenters. The molecule has 26 heavy (non-hydrogen) atoms. The van der Waals surface area contributed by atoms with E-state index in [1.165, 1.54) is 12.1 Å². The van der Waals surface area contributed by atoms with E-state index in [0.29, 0.717) is 23.7 Å². The number of hydrogen-bond donors (Lipinski definition) is 3. The number of carbonyl (C=O) groups is 1. The van der Waals surface area contributed by atoms with Crippen LogP contribution in [0.3, 0.4) is 0 Å². The van der Waals surface area contributed by atoms with Gasteiger partial charge in [-0.15, -0.1) is 0 Å². The highest BCUT2D eigenvalue weighted by Crippen LogP contribution is 2.31. The molecule has 0 bridgehead atoms. The first-order valence-electron chi connectivity index (χ1n) is 8.11. The number of carboxylic acids is 1. The first-order chi connectivity index (χ1) is 12.4. The number of likely N-dealkylation sites (N-methyl/N-ethyl adjacent to an activating group) is 1. The molecular weight excluding hydrogens is 334 g/mol. The lowest BCUT2D eigenvalue weighted by molar-refractivity contribution is 0.0693. The molecule has 7 heteroatoms. The van der Waals surface area contributed by atoms with Gasteiger partial charge in [-0.05, 0) is 38.4 Å². The standard InChI is InChI=1S/C19H21N3O4/c1-21(2)7-8-26-13-4-6-14-16(20)11-22(17(14)10-13)12-3-5-15(19(24)25)18(23)9-12/h3-6,9-11,23H,7-8,20H2,1-2H3,(H,24,25). The number of nitrogens with zero attached hydrogens (tertiary/aromatic N) is 2. The number of hydrogen-bond acceptors (Lipinski definition) is 5. The molecule has 3 aromatic rings. The van der Waals surface area contributed by atoms with Crippen LogP contribution in [0.2, 0.25) is 0 Å². The predicted molar refractivity (Wildman–Crippen MR) is 100 cm³/mol. The first kappa shape index (κ1) is 17.6. The number of nitrogen functional groups attached to an aromatic ring is 1. The maximum atomic E-state index is 11.1. The van der Waals surface area contributed by atoms with Gasteiger partial charge in [0, 0.05) is 35.9 Å². The molecule has 1 heterocycles. The number of anilines is 1. The van der Waals surface area contributed by atoms with Gasteiger partial charge in [0.05, 0.1) is 11.2 Å². The molecule has 0 fully saturated rings. The second-order valence-electron chi connectivity index (χ2n) is 6.29. The van der Waals surface area contributed by atoms with Crippen LogP contribution in [0.4, 0.5) is 5.69 Å². The second-order valence-corrected chi connectivity index (χ2v) is 6.29. The maximum absolute atomic E-state index is 11.1. The molecule has 3 rings (SSSR count). The highest BCUT2D eigenvalue weighted by atomic mass is 16.5. The molecule has 0 radical (unpaired) electrons. The van der Waals surface area contributed by atoms with Crippen LogP contribution in [-0.4, -0.2) is 52.9 Å². The van der Waals surface area contributed by atoms with Gasteiger partial charge in [0.25, 0.3) is 0 Å². The summed E-state index contributed by atoms with van der Waals surface area (Å²) in [6, 6.07) is 10.0.